The molecular weight excluding hydrogens is 362 g/mol. The van der Waals surface area contributed by atoms with Gasteiger partial charge in [-0.15, -0.1) is 0 Å². The minimum absolute atomic E-state index is 0.0229. The average molecular weight is 394 g/mol. The van der Waals surface area contributed by atoms with Crippen molar-refractivity contribution in [1.29, 1.82) is 0 Å². The van der Waals surface area contributed by atoms with Gasteiger partial charge in [-0.25, -0.2) is 0 Å². The van der Waals surface area contributed by atoms with Crippen molar-refractivity contribution in [3.8, 4) is 0 Å². The molecule has 0 aliphatic carbocycles. The minimum atomic E-state index is -0.0646. The fourth-order valence-corrected chi connectivity index (χ4v) is 3.92. The second-order valence-electron chi connectivity index (χ2n) is 7.58. The van der Waals surface area contributed by atoms with Crippen LogP contribution in [0, 0.1) is 0 Å². The summed E-state index contributed by atoms with van der Waals surface area (Å²) >= 11 is 0. The Balaban J connectivity index is 1.66. The molecule has 3 rings (SSSR count). The van der Waals surface area contributed by atoms with Crippen LogP contribution in [0.2, 0.25) is 0 Å². The maximum absolute atomic E-state index is 12.8. The third-order valence-corrected chi connectivity index (χ3v) is 5.21. The molecule has 0 bridgehead atoms. The molecule has 0 saturated heterocycles. The van der Waals surface area contributed by atoms with Crippen LogP contribution in [-0.2, 0) is 11.2 Å². The Labute approximate surface area is 173 Å². The Kier molecular flexibility index (Phi) is 7.28. The zero-order chi connectivity index (χ0) is 20.6. The molecule has 0 aromatic heterocycles. The lowest BCUT2D eigenvalue weighted by molar-refractivity contribution is -0.115. The number of carbonyl (C=O) groups excluding carboxylic acids is 2. The summed E-state index contributed by atoms with van der Waals surface area (Å²) in [6, 6.07) is 15.5. The molecule has 0 radical (unpaired) electrons. The molecule has 1 aliphatic rings. The van der Waals surface area contributed by atoms with Gasteiger partial charge in [-0.3, -0.25) is 9.59 Å². The van der Waals surface area contributed by atoms with Gasteiger partial charge in [-0.2, -0.15) is 0 Å². The van der Waals surface area contributed by atoms with Gasteiger partial charge in [-0.05, 0) is 55.5 Å². The van der Waals surface area contributed by atoms with Gasteiger partial charge in [0.1, 0.15) is 0 Å². The molecule has 1 heterocycles. The van der Waals surface area contributed by atoms with E-state index in [1.807, 2.05) is 35.2 Å². The van der Waals surface area contributed by atoms with Gasteiger partial charge in [0.15, 0.2) is 0 Å². The highest BCUT2D eigenvalue weighted by Gasteiger charge is 2.19. The van der Waals surface area contributed by atoms with Crippen molar-refractivity contribution in [2.24, 2.45) is 0 Å². The first-order chi connectivity index (χ1) is 14.1. The number of hydrogen-bond donors (Lipinski definition) is 1. The molecule has 0 fully saturated rings. The maximum atomic E-state index is 12.8. The zero-order valence-electron chi connectivity index (χ0n) is 17.5. The number of aryl methyl sites for hydroxylation is 1. The molecular formula is C24H31N3O2. The van der Waals surface area contributed by atoms with E-state index in [0.717, 1.165) is 51.0 Å². The second kappa shape index (κ2) is 10.1. The number of rotatable bonds is 8. The Morgan fingerprint density at radius 1 is 1.03 bits per heavy atom. The zero-order valence-corrected chi connectivity index (χ0v) is 17.5. The van der Waals surface area contributed by atoms with E-state index in [9.17, 15) is 9.59 Å². The number of nitrogens with zero attached hydrogens (tertiary/aromatic N) is 2. The van der Waals surface area contributed by atoms with Crippen molar-refractivity contribution < 1.29 is 9.59 Å². The summed E-state index contributed by atoms with van der Waals surface area (Å²) in [7, 11) is 0. The van der Waals surface area contributed by atoms with Gasteiger partial charge in [0.25, 0.3) is 5.91 Å². The van der Waals surface area contributed by atoms with Crippen LogP contribution in [-0.4, -0.2) is 42.9 Å². The van der Waals surface area contributed by atoms with Gasteiger partial charge in [-0.1, -0.05) is 38.1 Å². The van der Waals surface area contributed by atoms with Gasteiger partial charge < -0.3 is 15.1 Å². The van der Waals surface area contributed by atoms with Crippen LogP contribution < -0.4 is 10.2 Å². The first-order valence-corrected chi connectivity index (χ1v) is 10.6. The lowest BCUT2D eigenvalue weighted by Crippen LogP contribution is -2.36. The second-order valence-corrected chi connectivity index (χ2v) is 7.58. The van der Waals surface area contributed by atoms with Crippen LogP contribution in [0.4, 0.5) is 11.4 Å². The summed E-state index contributed by atoms with van der Waals surface area (Å²) in [6.07, 6.45) is 3.97. The molecule has 29 heavy (non-hydrogen) atoms. The van der Waals surface area contributed by atoms with E-state index in [2.05, 4.69) is 36.2 Å². The molecule has 5 nitrogen and oxygen atoms in total. The molecule has 0 unspecified atom stereocenters. The minimum Gasteiger partial charge on any atom is -0.362 e. The fourth-order valence-electron chi connectivity index (χ4n) is 3.92. The van der Waals surface area contributed by atoms with E-state index in [1.165, 1.54) is 5.56 Å². The van der Waals surface area contributed by atoms with Crippen LogP contribution in [0.5, 0.6) is 0 Å². The molecule has 0 spiro atoms. The first-order valence-electron chi connectivity index (χ1n) is 10.6. The van der Waals surface area contributed by atoms with E-state index >= 15 is 0 Å². The van der Waals surface area contributed by atoms with Crippen LogP contribution in [0.15, 0.2) is 48.5 Å². The maximum Gasteiger partial charge on any atom is 0.253 e. The van der Waals surface area contributed by atoms with Crippen LogP contribution in [0.25, 0.3) is 0 Å². The summed E-state index contributed by atoms with van der Waals surface area (Å²) in [6.45, 7) is 6.84. The fraction of sp³-hybridized carbons (Fsp3) is 0.417. The van der Waals surface area contributed by atoms with E-state index in [-0.39, 0.29) is 11.8 Å². The standard InChI is InChI=1S/C24H31N3O2/c1-3-14-26(15-4-2)24(29)20-10-7-12-21(17-20)25-23(28)18-27-16-8-11-19-9-5-6-13-22(19)27/h5-7,9-10,12-13,17H,3-4,8,11,14-16,18H2,1-2H3,(H,25,28). The van der Waals surface area contributed by atoms with E-state index in [0.29, 0.717) is 17.8 Å². The summed E-state index contributed by atoms with van der Waals surface area (Å²) in [5.74, 6) is -0.0416. The smallest absolute Gasteiger partial charge is 0.253 e. The number of benzene rings is 2. The Morgan fingerprint density at radius 2 is 1.79 bits per heavy atom. The molecule has 1 aliphatic heterocycles. The lowest BCUT2D eigenvalue weighted by Gasteiger charge is -2.30. The summed E-state index contributed by atoms with van der Waals surface area (Å²) in [4.78, 5) is 29.5. The van der Waals surface area contributed by atoms with Gasteiger partial charge >= 0.3 is 0 Å². The quantitative estimate of drug-likeness (QED) is 0.726. The molecule has 2 amide bonds. The highest BCUT2D eigenvalue weighted by molar-refractivity contribution is 5.98. The molecule has 154 valence electrons. The average Bonchev–Trinajstić information content (AvgIpc) is 2.73. The topological polar surface area (TPSA) is 52.7 Å². The molecule has 0 saturated carbocycles. The van der Waals surface area contributed by atoms with E-state index in [4.69, 9.17) is 0 Å². The Bertz CT molecular complexity index is 844. The van der Waals surface area contributed by atoms with Crippen LogP contribution in [0.1, 0.15) is 49.0 Å². The number of amides is 2. The van der Waals surface area contributed by atoms with Crippen LogP contribution in [0.3, 0.4) is 0 Å². The van der Waals surface area contributed by atoms with Gasteiger partial charge in [0, 0.05) is 36.6 Å². The monoisotopic (exact) mass is 393 g/mol. The number of fused-ring (bicyclic) bond motifs is 1. The summed E-state index contributed by atoms with van der Waals surface area (Å²) in [5.41, 5.74) is 3.73. The predicted molar refractivity (Wildman–Crippen MR) is 119 cm³/mol. The number of carbonyl (C=O) groups is 2. The molecule has 1 N–H and O–H groups in total. The van der Waals surface area contributed by atoms with Crippen molar-refractivity contribution in [1.82, 2.24) is 4.90 Å². The van der Waals surface area contributed by atoms with Crippen molar-refractivity contribution in [3.05, 3.63) is 59.7 Å². The highest BCUT2D eigenvalue weighted by atomic mass is 16.2. The SMILES string of the molecule is CCCN(CCC)C(=O)c1cccc(NC(=O)CN2CCCc3ccccc32)c1. The largest absolute Gasteiger partial charge is 0.362 e. The predicted octanol–water partition coefficient (Wildman–Crippen LogP) is 4.34. The molecule has 2 aromatic carbocycles. The number of para-hydroxylation sites is 1. The molecule has 0 atom stereocenters. The van der Waals surface area contributed by atoms with Crippen molar-refractivity contribution in [2.45, 2.75) is 39.5 Å². The number of anilines is 2. The van der Waals surface area contributed by atoms with Gasteiger partial charge in [0.05, 0.1) is 6.54 Å². The van der Waals surface area contributed by atoms with Crippen LogP contribution >= 0.6 is 0 Å². The summed E-state index contributed by atoms with van der Waals surface area (Å²) in [5, 5.41) is 2.97. The Morgan fingerprint density at radius 3 is 2.55 bits per heavy atom. The van der Waals surface area contributed by atoms with E-state index in [1.54, 1.807) is 6.07 Å². The molecule has 2 aromatic rings. The first kappa shape index (κ1) is 20.9. The van der Waals surface area contributed by atoms with Gasteiger partial charge in [0.2, 0.25) is 5.91 Å². The molecule has 5 heteroatoms. The Hall–Kier alpha value is -2.82. The van der Waals surface area contributed by atoms with E-state index < -0.39 is 0 Å². The number of nitrogens with one attached hydrogen (secondary N) is 1. The lowest BCUT2D eigenvalue weighted by atomic mass is 10.0. The third-order valence-electron chi connectivity index (χ3n) is 5.21. The van der Waals surface area contributed by atoms with Crippen molar-refractivity contribution >= 4 is 23.2 Å². The number of hydrogen-bond acceptors (Lipinski definition) is 3. The summed E-state index contributed by atoms with van der Waals surface area (Å²) < 4.78 is 0. The highest BCUT2D eigenvalue weighted by Crippen LogP contribution is 2.26. The normalized spacial score (nSPS) is 13.0. The van der Waals surface area contributed by atoms with Crippen molar-refractivity contribution in [3.63, 3.8) is 0 Å². The third kappa shape index (κ3) is 5.37. The van der Waals surface area contributed by atoms with Crippen molar-refractivity contribution in [2.75, 3.05) is 36.4 Å².